The molecule has 0 radical (unpaired) electrons. The second-order valence-electron chi connectivity index (χ2n) is 6.62. The van der Waals surface area contributed by atoms with Gasteiger partial charge in [0.15, 0.2) is 0 Å². The fourth-order valence-electron chi connectivity index (χ4n) is 4.16. The first-order chi connectivity index (χ1) is 9.14. The van der Waals surface area contributed by atoms with Gasteiger partial charge >= 0.3 is 0 Å². The number of nitrogens with zero attached hydrogens (tertiary/aromatic N) is 1. The number of imide groups is 1. The fraction of sp³-hybridized carbons (Fsp3) is 0.867. The molecule has 4 nitrogen and oxygen atoms in total. The number of carbonyl (C=O) groups excluding carboxylic acids is 2. The van der Waals surface area contributed by atoms with E-state index in [2.05, 4.69) is 12.2 Å². The maximum absolute atomic E-state index is 12.8. The summed E-state index contributed by atoms with van der Waals surface area (Å²) in [5, 5.41) is 3.34. The van der Waals surface area contributed by atoms with Gasteiger partial charge in [-0.1, -0.05) is 26.2 Å². The van der Waals surface area contributed by atoms with Crippen molar-refractivity contribution in [2.75, 3.05) is 13.1 Å². The maximum atomic E-state index is 12.8. The van der Waals surface area contributed by atoms with Crippen LogP contribution in [0.1, 0.15) is 51.9 Å². The Kier molecular flexibility index (Phi) is 3.37. The third-order valence-corrected chi connectivity index (χ3v) is 5.31. The summed E-state index contributed by atoms with van der Waals surface area (Å²) in [6.07, 6.45) is 6.66. The number of amides is 2. The lowest BCUT2D eigenvalue weighted by Gasteiger charge is -2.37. The van der Waals surface area contributed by atoms with Crippen molar-refractivity contribution in [3.63, 3.8) is 0 Å². The van der Waals surface area contributed by atoms with Crippen LogP contribution in [0.3, 0.4) is 0 Å². The summed E-state index contributed by atoms with van der Waals surface area (Å²) in [5.41, 5.74) is -0.320. The van der Waals surface area contributed by atoms with E-state index in [1.807, 2.05) is 0 Å². The van der Waals surface area contributed by atoms with E-state index < -0.39 is 0 Å². The summed E-state index contributed by atoms with van der Waals surface area (Å²) < 4.78 is 0. The van der Waals surface area contributed by atoms with Gasteiger partial charge in [0.05, 0.1) is 5.41 Å². The minimum absolute atomic E-state index is 0.0886. The average Bonchev–Trinajstić information content (AvgIpc) is 2.63. The minimum atomic E-state index is -0.320. The van der Waals surface area contributed by atoms with Gasteiger partial charge in [0, 0.05) is 12.5 Å². The van der Waals surface area contributed by atoms with Crippen LogP contribution in [0.2, 0.25) is 0 Å². The van der Waals surface area contributed by atoms with Gasteiger partial charge in [-0.15, -0.1) is 0 Å². The normalized spacial score (nSPS) is 35.1. The molecule has 106 valence electrons. The summed E-state index contributed by atoms with van der Waals surface area (Å²) >= 11 is 0. The number of piperidine rings is 1. The first-order valence-electron chi connectivity index (χ1n) is 7.71. The second kappa shape index (κ2) is 4.89. The van der Waals surface area contributed by atoms with Crippen molar-refractivity contribution in [3.8, 4) is 0 Å². The molecule has 1 aliphatic carbocycles. The van der Waals surface area contributed by atoms with Crippen molar-refractivity contribution in [2.24, 2.45) is 11.3 Å². The SMILES string of the molecule is CC1CNCCC1N1C(=O)CC2(CCCCC2)C1=O. The molecule has 1 saturated carbocycles. The zero-order chi connectivity index (χ0) is 13.5. The Hall–Kier alpha value is -0.900. The van der Waals surface area contributed by atoms with E-state index in [1.165, 1.54) is 6.42 Å². The van der Waals surface area contributed by atoms with E-state index in [-0.39, 0.29) is 23.3 Å². The van der Waals surface area contributed by atoms with Crippen molar-refractivity contribution < 1.29 is 9.59 Å². The van der Waals surface area contributed by atoms with Crippen LogP contribution in [0, 0.1) is 11.3 Å². The largest absolute Gasteiger partial charge is 0.316 e. The van der Waals surface area contributed by atoms with Crippen LogP contribution < -0.4 is 5.32 Å². The van der Waals surface area contributed by atoms with Crippen LogP contribution in [0.25, 0.3) is 0 Å². The van der Waals surface area contributed by atoms with Gasteiger partial charge in [-0.2, -0.15) is 0 Å². The van der Waals surface area contributed by atoms with Gasteiger partial charge in [-0.3, -0.25) is 14.5 Å². The number of likely N-dealkylation sites (tertiary alicyclic amines) is 1. The first-order valence-corrected chi connectivity index (χ1v) is 7.71. The number of rotatable bonds is 1. The Labute approximate surface area is 114 Å². The number of hydrogen-bond acceptors (Lipinski definition) is 3. The molecule has 3 fully saturated rings. The molecule has 4 heteroatoms. The Balaban J connectivity index is 1.82. The van der Waals surface area contributed by atoms with Gasteiger partial charge in [0.2, 0.25) is 11.8 Å². The lowest BCUT2D eigenvalue weighted by Crippen LogP contribution is -2.52. The standard InChI is InChI=1S/C15H24N2O2/c1-11-10-16-8-5-12(11)17-13(18)9-15(14(17)19)6-3-2-4-7-15/h11-12,16H,2-10H2,1H3. The molecule has 0 bridgehead atoms. The van der Waals surface area contributed by atoms with Crippen molar-refractivity contribution in [3.05, 3.63) is 0 Å². The third kappa shape index (κ3) is 2.10. The van der Waals surface area contributed by atoms with Crippen LogP contribution >= 0.6 is 0 Å². The molecular weight excluding hydrogens is 240 g/mol. The zero-order valence-corrected chi connectivity index (χ0v) is 11.8. The first kappa shape index (κ1) is 13.1. The lowest BCUT2D eigenvalue weighted by molar-refractivity contribution is -0.146. The fourth-order valence-corrected chi connectivity index (χ4v) is 4.16. The predicted octanol–water partition coefficient (Wildman–Crippen LogP) is 1.69. The summed E-state index contributed by atoms with van der Waals surface area (Å²) in [5.74, 6) is 0.613. The van der Waals surface area contributed by atoms with Crippen LogP contribution in [-0.4, -0.2) is 35.8 Å². The van der Waals surface area contributed by atoms with Gasteiger partial charge in [-0.05, 0) is 38.3 Å². The Bertz CT molecular complexity index is 388. The highest BCUT2D eigenvalue weighted by molar-refractivity contribution is 6.06. The van der Waals surface area contributed by atoms with E-state index in [9.17, 15) is 9.59 Å². The number of hydrogen-bond donors (Lipinski definition) is 1. The highest BCUT2D eigenvalue weighted by atomic mass is 16.2. The molecule has 3 aliphatic rings. The Morgan fingerprint density at radius 2 is 1.95 bits per heavy atom. The molecule has 2 unspecified atom stereocenters. The van der Waals surface area contributed by atoms with Gasteiger partial charge in [-0.25, -0.2) is 0 Å². The van der Waals surface area contributed by atoms with E-state index in [1.54, 1.807) is 4.90 Å². The van der Waals surface area contributed by atoms with Crippen molar-refractivity contribution in [2.45, 2.75) is 57.9 Å². The third-order valence-electron chi connectivity index (χ3n) is 5.31. The summed E-state index contributed by atoms with van der Waals surface area (Å²) in [6, 6.07) is 0.127. The zero-order valence-electron chi connectivity index (χ0n) is 11.8. The molecule has 2 atom stereocenters. The molecule has 2 aliphatic heterocycles. The molecule has 2 amide bonds. The van der Waals surface area contributed by atoms with E-state index in [4.69, 9.17) is 0 Å². The number of carbonyl (C=O) groups is 2. The van der Waals surface area contributed by atoms with Gasteiger partial charge in [0.1, 0.15) is 0 Å². The van der Waals surface area contributed by atoms with Crippen molar-refractivity contribution >= 4 is 11.8 Å². The molecule has 3 rings (SSSR count). The predicted molar refractivity (Wildman–Crippen MR) is 72.4 cm³/mol. The molecule has 2 heterocycles. The quantitative estimate of drug-likeness (QED) is 0.733. The summed E-state index contributed by atoms with van der Waals surface area (Å²) in [4.78, 5) is 26.9. The highest BCUT2D eigenvalue weighted by Gasteiger charge is 2.53. The molecule has 0 aromatic carbocycles. The lowest BCUT2D eigenvalue weighted by atomic mass is 9.73. The molecular formula is C15H24N2O2. The Morgan fingerprint density at radius 1 is 1.21 bits per heavy atom. The average molecular weight is 264 g/mol. The van der Waals surface area contributed by atoms with Gasteiger partial charge < -0.3 is 5.32 Å². The second-order valence-corrected chi connectivity index (χ2v) is 6.62. The molecule has 0 aromatic rings. The molecule has 0 aromatic heterocycles. The van der Waals surface area contributed by atoms with Crippen LogP contribution in [0.5, 0.6) is 0 Å². The highest BCUT2D eigenvalue weighted by Crippen LogP contribution is 2.46. The van der Waals surface area contributed by atoms with E-state index >= 15 is 0 Å². The van der Waals surface area contributed by atoms with Crippen LogP contribution in [0.4, 0.5) is 0 Å². The van der Waals surface area contributed by atoms with Crippen LogP contribution in [0.15, 0.2) is 0 Å². The minimum Gasteiger partial charge on any atom is -0.316 e. The summed E-state index contributed by atoms with van der Waals surface area (Å²) in [6.45, 7) is 3.97. The number of nitrogens with one attached hydrogen (secondary N) is 1. The topological polar surface area (TPSA) is 49.4 Å². The van der Waals surface area contributed by atoms with Gasteiger partial charge in [0.25, 0.3) is 0 Å². The molecule has 2 saturated heterocycles. The van der Waals surface area contributed by atoms with Crippen molar-refractivity contribution in [1.29, 1.82) is 0 Å². The monoisotopic (exact) mass is 264 g/mol. The van der Waals surface area contributed by atoms with Crippen LogP contribution in [-0.2, 0) is 9.59 Å². The Morgan fingerprint density at radius 3 is 2.63 bits per heavy atom. The maximum Gasteiger partial charge on any atom is 0.236 e. The van der Waals surface area contributed by atoms with Crippen molar-refractivity contribution in [1.82, 2.24) is 10.2 Å². The molecule has 1 N–H and O–H groups in total. The smallest absolute Gasteiger partial charge is 0.236 e. The molecule has 19 heavy (non-hydrogen) atoms. The summed E-state index contributed by atoms with van der Waals surface area (Å²) in [7, 11) is 0. The molecule has 1 spiro atoms. The van der Waals surface area contributed by atoms with E-state index in [0.717, 1.165) is 45.2 Å². The van der Waals surface area contributed by atoms with E-state index in [0.29, 0.717) is 12.3 Å².